The summed E-state index contributed by atoms with van der Waals surface area (Å²) in [6.07, 6.45) is -5.50. The molecule has 0 fully saturated rings. The van der Waals surface area contributed by atoms with Crippen LogP contribution < -0.4 is 4.74 Å². The first-order valence-corrected chi connectivity index (χ1v) is 6.21. The van der Waals surface area contributed by atoms with E-state index < -0.39 is 18.1 Å². The molecular weight excluding hydrogens is 334 g/mol. The molecule has 10 heteroatoms. The zero-order valence-corrected chi connectivity index (χ0v) is 12.2. The first-order valence-electron chi connectivity index (χ1n) is 5.45. The van der Waals surface area contributed by atoms with Crippen molar-refractivity contribution in [2.24, 2.45) is 0 Å². The number of benzene rings is 1. The van der Waals surface area contributed by atoms with Crippen LogP contribution in [0, 0.1) is 0 Å². The lowest BCUT2D eigenvalue weighted by Gasteiger charge is -2.12. The third-order valence-corrected chi connectivity index (χ3v) is 3.22. The van der Waals surface area contributed by atoms with Gasteiger partial charge in [-0.05, 0) is 6.07 Å². The maximum atomic E-state index is 12.7. The summed E-state index contributed by atoms with van der Waals surface area (Å²) in [5.41, 5.74) is -0.273. The lowest BCUT2D eigenvalue weighted by molar-refractivity contribution is -0.144. The number of rotatable bonds is 1. The van der Waals surface area contributed by atoms with Gasteiger partial charge in [0.15, 0.2) is 5.75 Å². The van der Waals surface area contributed by atoms with Crippen molar-refractivity contribution in [1.29, 1.82) is 0 Å². The van der Waals surface area contributed by atoms with Gasteiger partial charge in [0, 0.05) is 14.1 Å². The van der Waals surface area contributed by atoms with Crippen molar-refractivity contribution < 1.29 is 22.7 Å². The molecule has 0 atom stereocenters. The molecule has 0 aliphatic heterocycles. The molecule has 0 unspecified atom stereocenters. The topological polar surface area (TPSA) is 58.2 Å². The lowest BCUT2D eigenvalue weighted by Crippen LogP contribution is -2.25. The maximum Gasteiger partial charge on any atom is 0.449 e. The van der Waals surface area contributed by atoms with Gasteiger partial charge in [-0.1, -0.05) is 23.2 Å². The number of aromatic nitrogens is 2. The maximum absolute atomic E-state index is 12.7. The van der Waals surface area contributed by atoms with Gasteiger partial charge in [-0.15, -0.1) is 0 Å². The van der Waals surface area contributed by atoms with Crippen molar-refractivity contribution in [2.75, 3.05) is 14.1 Å². The highest BCUT2D eigenvalue weighted by molar-refractivity contribution is 6.44. The Labute approximate surface area is 126 Å². The molecule has 0 spiro atoms. The second-order valence-corrected chi connectivity index (χ2v) is 5.03. The standard InChI is InChI=1S/C11H8Cl2F3N3O2/c1-19(2)10(20)21-8-6(13)4(12)3-5-7(8)18-9(17-5)11(14,15)16/h3H,1-2H3,(H,17,18). The van der Waals surface area contributed by atoms with E-state index >= 15 is 0 Å². The second kappa shape index (κ2) is 5.27. The fraction of sp³-hybridized carbons (Fsp3) is 0.273. The van der Waals surface area contributed by atoms with E-state index in [1.54, 1.807) is 0 Å². The van der Waals surface area contributed by atoms with E-state index in [1.165, 1.54) is 20.2 Å². The second-order valence-electron chi connectivity index (χ2n) is 4.24. The Bertz CT molecular complexity index is 713. The minimum atomic E-state index is -4.68. The van der Waals surface area contributed by atoms with E-state index in [-0.39, 0.29) is 26.8 Å². The average molecular weight is 342 g/mol. The number of amides is 1. The Kier molecular flexibility index (Phi) is 3.94. The zero-order valence-electron chi connectivity index (χ0n) is 10.7. The largest absolute Gasteiger partial charge is 0.449 e. The van der Waals surface area contributed by atoms with Crippen LogP contribution in [0.4, 0.5) is 18.0 Å². The van der Waals surface area contributed by atoms with Gasteiger partial charge in [0.1, 0.15) is 10.5 Å². The van der Waals surface area contributed by atoms with E-state index in [0.29, 0.717) is 0 Å². The highest BCUT2D eigenvalue weighted by Crippen LogP contribution is 2.40. The molecule has 5 nitrogen and oxygen atoms in total. The molecule has 0 aliphatic carbocycles. The Morgan fingerprint density at radius 1 is 1.38 bits per heavy atom. The monoisotopic (exact) mass is 341 g/mol. The van der Waals surface area contributed by atoms with Crippen LogP contribution in [0.25, 0.3) is 11.0 Å². The third-order valence-electron chi connectivity index (χ3n) is 2.45. The number of nitrogens with zero attached hydrogens (tertiary/aromatic N) is 2. The molecule has 114 valence electrons. The number of alkyl halides is 3. The highest BCUT2D eigenvalue weighted by Gasteiger charge is 2.35. The molecule has 1 aromatic heterocycles. The predicted octanol–water partition coefficient (Wildman–Crippen LogP) is 3.95. The fourth-order valence-corrected chi connectivity index (χ4v) is 1.85. The van der Waals surface area contributed by atoms with Crippen molar-refractivity contribution in [3.05, 3.63) is 21.9 Å². The first-order chi connectivity index (χ1) is 9.61. The molecule has 2 aromatic rings. The van der Waals surface area contributed by atoms with Crippen LogP contribution in [-0.2, 0) is 6.18 Å². The molecule has 0 saturated heterocycles. The van der Waals surface area contributed by atoms with Crippen LogP contribution in [-0.4, -0.2) is 35.1 Å². The SMILES string of the molecule is CN(C)C(=O)Oc1c(Cl)c(Cl)cc2[nH]c(C(F)(F)F)nc12. The van der Waals surface area contributed by atoms with Gasteiger partial charge in [-0.25, -0.2) is 9.78 Å². The highest BCUT2D eigenvalue weighted by atomic mass is 35.5. The summed E-state index contributed by atoms with van der Waals surface area (Å²) >= 11 is 11.7. The van der Waals surface area contributed by atoms with Crippen molar-refractivity contribution >= 4 is 40.3 Å². The number of carbonyl (C=O) groups excluding carboxylic acids is 1. The Hall–Kier alpha value is -1.67. The van der Waals surface area contributed by atoms with E-state index in [0.717, 1.165) is 4.90 Å². The fourth-order valence-electron chi connectivity index (χ4n) is 1.47. The molecular formula is C11H8Cl2F3N3O2. The quantitative estimate of drug-likeness (QED) is 0.854. The normalized spacial score (nSPS) is 11.8. The summed E-state index contributed by atoms with van der Waals surface area (Å²) in [6, 6.07) is 1.18. The van der Waals surface area contributed by atoms with Gasteiger partial charge < -0.3 is 14.6 Å². The summed E-state index contributed by atoms with van der Waals surface area (Å²) in [4.78, 5) is 18.1. The van der Waals surface area contributed by atoms with Crippen molar-refractivity contribution in [3.63, 3.8) is 0 Å². The molecule has 0 aliphatic rings. The number of hydrogen-bond acceptors (Lipinski definition) is 3. The number of ether oxygens (including phenoxy) is 1. The Morgan fingerprint density at radius 2 is 2.00 bits per heavy atom. The molecule has 1 heterocycles. The number of halogens is 5. The van der Waals surface area contributed by atoms with Gasteiger partial charge in [0.2, 0.25) is 5.82 Å². The van der Waals surface area contributed by atoms with Gasteiger partial charge in [-0.2, -0.15) is 13.2 Å². The Morgan fingerprint density at radius 3 is 2.52 bits per heavy atom. The zero-order chi connectivity index (χ0) is 15.9. The number of fused-ring (bicyclic) bond motifs is 1. The van der Waals surface area contributed by atoms with Gasteiger partial charge in [0.05, 0.1) is 10.5 Å². The number of carbonyl (C=O) groups is 1. The molecule has 0 saturated carbocycles. The number of nitrogens with one attached hydrogen (secondary N) is 1. The average Bonchev–Trinajstić information content (AvgIpc) is 2.77. The van der Waals surface area contributed by atoms with Crippen LogP contribution in [0.3, 0.4) is 0 Å². The van der Waals surface area contributed by atoms with Crippen molar-refractivity contribution in [2.45, 2.75) is 6.18 Å². The molecule has 21 heavy (non-hydrogen) atoms. The van der Waals surface area contributed by atoms with E-state index in [2.05, 4.69) is 9.97 Å². The minimum absolute atomic E-state index is 0.0433. The summed E-state index contributed by atoms with van der Waals surface area (Å²) in [5.74, 6) is -1.57. The van der Waals surface area contributed by atoms with Crippen LogP contribution >= 0.6 is 23.2 Å². The number of aromatic amines is 1. The van der Waals surface area contributed by atoms with Crippen LogP contribution in [0.5, 0.6) is 5.75 Å². The molecule has 0 bridgehead atoms. The van der Waals surface area contributed by atoms with E-state index in [9.17, 15) is 18.0 Å². The smallest absolute Gasteiger partial charge is 0.406 e. The molecule has 2 rings (SSSR count). The predicted molar refractivity (Wildman–Crippen MR) is 70.8 cm³/mol. The van der Waals surface area contributed by atoms with Crippen molar-refractivity contribution in [1.82, 2.24) is 14.9 Å². The summed E-state index contributed by atoms with van der Waals surface area (Å²) in [5, 5.41) is -0.261. The van der Waals surface area contributed by atoms with Crippen LogP contribution in [0.1, 0.15) is 5.82 Å². The molecule has 1 aromatic carbocycles. The first kappa shape index (κ1) is 15.7. The van der Waals surface area contributed by atoms with Crippen molar-refractivity contribution in [3.8, 4) is 5.75 Å². The number of H-pyrrole nitrogens is 1. The third kappa shape index (κ3) is 3.01. The number of hydrogen-bond donors (Lipinski definition) is 1. The van der Waals surface area contributed by atoms with Gasteiger partial charge in [0.25, 0.3) is 0 Å². The van der Waals surface area contributed by atoms with Crippen LogP contribution in [0.15, 0.2) is 6.07 Å². The summed E-state index contributed by atoms with van der Waals surface area (Å²) in [7, 11) is 2.81. The molecule has 1 amide bonds. The van der Waals surface area contributed by atoms with Crippen LogP contribution in [0.2, 0.25) is 10.0 Å². The molecule has 1 N–H and O–H groups in total. The summed E-state index contributed by atoms with van der Waals surface area (Å²) in [6.45, 7) is 0. The molecule has 0 radical (unpaired) electrons. The minimum Gasteiger partial charge on any atom is -0.406 e. The van der Waals surface area contributed by atoms with E-state index in [1.807, 2.05) is 0 Å². The summed E-state index contributed by atoms with van der Waals surface area (Å²) < 4.78 is 43.0. The van der Waals surface area contributed by atoms with E-state index in [4.69, 9.17) is 27.9 Å². The number of imidazole rings is 1. The van der Waals surface area contributed by atoms with Gasteiger partial charge >= 0.3 is 12.3 Å². The van der Waals surface area contributed by atoms with Gasteiger partial charge in [-0.3, -0.25) is 0 Å². The Balaban J connectivity index is 2.64. The lowest BCUT2D eigenvalue weighted by atomic mass is 10.3.